The maximum Gasteiger partial charge on any atom is 0.0991 e. The van der Waals surface area contributed by atoms with E-state index in [0.29, 0.717) is 11.6 Å². The first kappa shape index (κ1) is 14.8. The number of pyridine rings is 1. The fourth-order valence-electron chi connectivity index (χ4n) is 2.29. The lowest BCUT2D eigenvalue weighted by molar-refractivity contribution is 0.574. The minimum absolute atomic E-state index is 0.215. The molecule has 0 aliphatic heterocycles. The first-order chi connectivity index (χ1) is 10.7. The summed E-state index contributed by atoms with van der Waals surface area (Å²) in [6.45, 7) is 2.85. The molecule has 0 radical (unpaired) electrons. The number of halogens is 1. The second-order valence-corrected chi connectivity index (χ2v) is 5.54. The fourth-order valence-corrected chi connectivity index (χ4v) is 2.48. The summed E-state index contributed by atoms with van der Waals surface area (Å²) in [6, 6.07) is 10.6. The van der Waals surface area contributed by atoms with Gasteiger partial charge in [-0.25, -0.2) is 4.98 Å². The van der Waals surface area contributed by atoms with Crippen LogP contribution in [0.1, 0.15) is 24.1 Å². The number of aromatic nitrogens is 3. The lowest BCUT2D eigenvalue weighted by Crippen LogP contribution is -2.18. The minimum Gasteiger partial charge on any atom is -0.306 e. The topological polar surface area (TPSA) is 42.7 Å². The Morgan fingerprint density at radius 1 is 1.23 bits per heavy atom. The molecule has 3 rings (SSSR count). The van der Waals surface area contributed by atoms with E-state index < -0.39 is 0 Å². The number of nitrogens with zero attached hydrogens (tertiary/aromatic N) is 3. The zero-order valence-corrected chi connectivity index (χ0v) is 13.0. The van der Waals surface area contributed by atoms with Crippen molar-refractivity contribution in [2.75, 3.05) is 0 Å². The smallest absolute Gasteiger partial charge is 0.0991 e. The van der Waals surface area contributed by atoms with Crippen LogP contribution in [0.5, 0.6) is 0 Å². The maximum absolute atomic E-state index is 6.13. The summed E-state index contributed by atoms with van der Waals surface area (Å²) >= 11 is 6.13. The summed E-state index contributed by atoms with van der Waals surface area (Å²) in [7, 11) is 0. The molecule has 0 bridgehead atoms. The van der Waals surface area contributed by atoms with Gasteiger partial charge in [0.25, 0.3) is 0 Å². The Balaban J connectivity index is 1.71. The molecule has 0 fully saturated rings. The van der Waals surface area contributed by atoms with Gasteiger partial charge in [0.05, 0.1) is 11.3 Å². The van der Waals surface area contributed by atoms with Gasteiger partial charge in [0.2, 0.25) is 0 Å². The molecule has 5 heteroatoms. The number of hydrogen-bond acceptors (Lipinski definition) is 3. The SMILES string of the molecule is C[C@@H](NCc1ccncc1Cl)c1cccc(-n2ccnc2)c1. The predicted molar refractivity (Wildman–Crippen MR) is 88.1 cm³/mol. The van der Waals surface area contributed by atoms with Crippen molar-refractivity contribution in [3.8, 4) is 5.69 Å². The monoisotopic (exact) mass is 312 g/mol. The number of imidazole rings is 1. The Kier molecular flexibility index (Phi) is 4.51. The van der Waals surface area contributed by atoms with Crippen molar-refractivity contribution in [2.45, 2.75) is 19.5 Å². The summed E-state index contributed by atoms with van der Waals surface area (Å²) in [4.78, 5) is 8.09. The summed E-state index contributed by atoms with van der Waals surface area (Å²) in [6.07, 6.45) is 8.94. The zero-order chi connectivity index (χ0) is 15.4. The normalized spacial score (nSPS) is 12.3. The summed E-state index contributed by atoms with van der Waals surface area (Å²) in [5.41, 5.74) is 3.37. The molecular weight excluding hydrogens is 296 g/mol. The van der Waals surface area contributed by atoms with Gasteiger partial charge in [0.15, 0.2) is 0 Å². The Hall–Kier alpha value is -2.17. The van der Waals surface area contributed by atoms with Gasteiger partial charge < -0.3 is 9.88 Å². The van der Waals surface area contributed by atoms with E-state index in [1.54, 1.807) is 24.9 Å². The molecule has 3 aromatic rings. The van der Waals surface area contributed by atoms with Crippen molar-refractivity contribution in [2.24, 2.45) is 0 Å². The molecule has 4 nitrogen and oxygen atoms in total. The van der Waals surface area contributed by atoms with Crippen LogP contribution >= 0.6 is 11.6 Å². The van der Waals surface area contributed by atoms with Gasteiger partial charge >= 0.3 is 0 Å². The average molecular weight is 313 g/mol. The molecule has 0 saturated carbocycles. The number of rotatable bonds is 5. The molecule has 0 saturated heterocycles. The van der Waals surface area contributed by atoms with E-state index in [1.807, 2.05) is 16.8 Å². The molecule has 2 heterocycles. The van der Waals surface area contributed by atoms with Gasteiger partial charge in [-0.05, 0) is 36.2 Å². The Morgan fingerprint density at radius 2 is 2.14 bits per heavy atom. The lowest BCUT2D eigenvalue weighted by Gasteiger charge is -2.16. The lowest BCUT2D eigenvalue weighted by atomic mass is 10.1. The van der Waals surface area contributed by atoms with E-state index in [2.05, 4.69) is 46.5 Å². The van der Waals surface area contributed by atoms with E-state index in [4.69, 9.17) is 11.6 Å². The van der Waals surface area contributed by atoms with Crippen LogP contribution in [-0.4, -0.2) is 14.5 Å². The summed E-state index contributed by atoms with van der Waals surface area (Å²) < 4.78 is 2.00. The highest BCUT2D eigenvalue weighted by Gasteiger charge is 2.07. The maximum atomic E-state index is 6.13. The van der Waals surface area contributed by atoms with Crippen molar-refractivity contribution < 1.29 is 0 Å². The predicted octanol–water partition coefficient (Wildman–Crippen LogP) is 3.77. The molecule has 2 aromatic heterocycles. The molecule has 0 aliphatic carbocycles. The van der Waals surface area contributed by atoms with Gasteiger partial charge in [-0.1, -0.05) is 23.7 Å². The van der Waals surface area contributed by atoms with Crippen LogP contribution in [-0.2, 0) is 6.54 Å². The first-order valence-corrected chi connectivity index (χ1v) is 7.52. The minimum atomic E-state index is 0.215. The van der Waals surface area contributed by atoms with Crippen molar-refractivity contribution in [3.05, 3.63) is 77.6 Å². The molecule has 1 aromatic carbocycles. The molecule has 0 unspecified atom stereocenters. The second kappa shape index (κ2) is 6.73. The number of hydrogen-bond donors (Lipinski definition) is 1. The van der Waals surface area contributed by atoms with E-state index in [1.165, 1.54) is 5.56 Å². The molecule has 1 atom stereocenters. The summed E-state index contributed by atoms with van der Waals surface area (Å²) in [5, 5.41) is 4.18. The molecule has 0 amide bonds. The van der Waals surface area contributed by atoms with Gasteiger partial charge in [0.1, 0.15) is 0 Å². The summed E-state index contributed by atoms with van der Waals surface area (Å²) in [5.74, 6) is 0. The highest BCUT2D eigenvalue weighted by molar-refractivity contribution is 6.31. The highest BCUT2D eigenvalue weighted by Crippen LogP contribution is 2.19. The molecular formula is C17H17ClN4. The van der Waals surface area contributed by atoms with Crippen LogP contribution in [0, 0.1) is 0 Å². The van der Waals surface area contributed by atoms with Crippen molar-refractivity contribution in [3.63, 3.8) is 0 Å². The highest BCUT2D eigenvalue weighted by atomic mass is 35.5. The van der Waals surface area contributed by atoms with Crippen LogP contribution in [0.15, 0.2) is 61.4 Å². The van der Waals surface area contributed by atoms with Crippen LogP contribution < -0.4 is 5.32 Å². The molecule has 112 valence electrons. The third-order valence-electron chi connectivity index (χ3n) is 3.63. The number of nitrogens with one attached hydrogen (secondary N) is 1. The molecule has 0 spiro atoms. The standard InChI is InChI=1S/C17H17ClN4/c1-13(21-10-15-5-6-19-11-17(15)18)14-3-2-4-16(9-14)22-8-7-20-12-22/h2-9,11-13,21H,10H2,1H3/t13-/m1/s1. The average Bonchev–Trinajstić information content (AvgIpc) is 3.08. The van der Waals surface area contributed by atoms with Crippen LogP contribution in [0.3, 0.4) is 0 Å². The van der Waals surface area contributed by atoms with E-state index in [-0.39, 0.29) is 6.04 Å². The van der Waals surface area contributed by atoms with Crippen LogP contribution in [0.2, 0.25) is 5.02 Å². The second-order valence-electron chi connectivity index (χ2n) is 5.13. The molecule has 1 N–H and O–H groups in total. The van der Waals surface area contributed by atoms with Gasteiger partial charge in [0, 0.05) is 43.1 Å². The van der Waals surface area contributed by atoms with Crippen LogP contribution in [0.25, 0.3) is 5.69 Å². The Labute approximate surface area is 134 Å². The quantitative estimate of drug-likeness (QED) is 0.780. The van der Waals surface area contributed by atoms with Crippen LogP contribution in [0.4, 0.5) is 0 Å². The van der Waals surface area contributed by atoms with Gasteiger partial charge in [-0.15, -0.1) is 0 Å². The van der Waals surface area contributed by atoms with Gasteiger partial charge in [-0.2, -0.15) is 0 Å². The Bertz CT molecular complexity index is 740. The van der Waals surface area contributed by atoms with E-state index in [0.717, 1.165) is 11.3 Å². The van der Waals surface area contributed by atoms with Crippen molar-refractivity contribution in [1.82, 2.24) is 19.9 Å². The van der Waals surface area contributed by atoms with Crippen molar-refractivity contribution >= 4 is 11.6 Å². The Morgan fingerprint density at radius 3 is 2.91 bits per heavy atom. The van der Waals surface area contributed by atoms with E-state index in [9.17, 15) is 0 Å². The third kappa shape index (κ3) is 3.35. The fraction of sp³-hybridized carbons (Fsp3) is 0.176. The first-order valence-electron chi connectivity index (χ1n) is 7.14. The third-order valence-corrected chi connectivity index (χ3v) is 3.97. The largest absolute Gasteiger partial charge is 0.306 e. The van der Waals surface area contributed by atoms with Crippen molar-refractivity contribution in [1.29, 1.82) is 0 Å². The van der Waals surface area contributed by atoms with E-state index >= 15 is 0 Å². The zero-order valence-electron chi connectivity index (χ0n) is 12.3. The molecule has 22 heavy (non-hydrogen) atoms. The van der Waals surface area contributed by atoms with Gasteiger partial charge in [-0.3, -0.25) is 4.98 Å². The molecule has 0 aliphatic rings. The number of benzene rings is 1.